The van der Waals surface area contributed by atoms with Crippen LogP contribution >= 0.6 is 0 Å². The van der Waals surface area contributed by atoms with Crippen LogP contribution in [0.25, 0.3) is 0 Å². The van der Waals surface area contributed by atoms with Gasteiger partial charge >= 0.3 is 5.97 Å². The minimum atomic E-state index is -1.00. The molecule has 0 unspecified atom stereocenters. The first kappa shape index (κ1) is 13.0. The van der Waals surface area contributed by atoms with Gasteiger partial charge in [0.2, 0.25) is 0 Å². The maximum atomic E-state index is 10.8. The average molecular weight is 250 g/mol. The third-order valence-electron chi connectivity index (χ3n) is 3.39. The Morgan fingerprint density at radius 1 is 1.33 bits per heavy atom. The summed E-state index contributed by atoms with van der Waals surface area (Å²) in [7, 11) is 0. The van der Waals surface area contributed by atoms with Crippen LogP contribution in [0.2, 0.25) is 0 Å². The van der Waals surface area contributed by atoms with E-state index in [1.807, 2.05) is 6.92 Å². The lowest BCUT2D eigenvalue weighted by molar-refractivity contribution is -0.0767. The quantitative estimate of drug-likeness (QED) is 0.888. The highest BCUT2D eigenvalue weighted by Crippen LogP contribution is 2.38. The van der Waals surface area contributed by atoms with E-state index in [0.29, 0.717) is 12.4 Å². The summed E-state index contributed by atoms with van der Waals surface area (Å²) >= 11 is 0. The van der Waals surface area contributed by atoms with Crippen LogP contribution in [0.15, 0.2) is 12.4 Å². The fourth-order valence-electron chi connectivity index (χ4n) is 2.51. The first-order chi connectivity index (χ1) is 8.68. The van der Waals surface area contributed by atoms with Gasteiger partial charge in [-0.3, -0.25) is 0 Å². The van der Waals surface area contributed by atoms with Gasteiger partial charge in [-0.2, -0.15) is 0 Å². The van der Waals surface area contributed by atoms with Crippen molar-refractivity contribution in [1.29, 1.82) is 0 Å². The number of ether oxygens (including phenoxy) is 1. The van der Waals surface area contributed by atoms with Gasteiger partial charge in [0.1, 0.15) is 5.60 Å². The van der Waals surface area contributed by atoms with Crippen LogP contribution < -0.4 is 0 Å². The van der Waals surface area contributed by atoms with Crippen molar-refractivity contribution in [1.82, 2.24) is 9.97 Å². The number of aromatic nitrogens is 2. The monoisotopic (exact) mass is 250 g/mol. The van der Waals surface area contributed by atoms with Crippen molar-refractivity contribution < 1.29 is 14.6 Å². The Bertz CT molecular complexity index is 405. The molecule has 0 spiro atoms. The molecule has 0 amide bonds. The number of rotatable bonds is 4. The molecule has 0 aromatic carbocycles. The van der Waals surface area contributed by atoms with Crippen LogP contribution in [0.1, 0.15) is 55.2 Å². The van der Waals surface area contributed by atoms with E-state index in [2.05, 4.69) is 9.97 Å². The first-order valence-electron chi connectivity index (χ1n) is 6.38. The summed E-state index contributed by atoms with van der Waals surface area (Å²) in [6, 6.07) is 0. The van der Waals surface area contributed by atoms with Gasteiger partial charge in [0.15, 0.2) is 5.82 Å². The molecule has 0 bridgehead atoms. The molecule has 5 nitrogen and oxygen atoms in total. The Labute approximate surface area is 106 Å². The number of hydrogen-bond donors (Lipinski definition) is 1. The summed E-state index contributed by atoms with van der Waals surface area (Å²) in [4.78, 5) is 19.2. The predicted octanol–water partition coefficient (Wildman–Crippen LogP) is 2.37. The average Bonchev–Trinajstić information content (AvgIpc) is 2.40. The smallest absolute Gasteiger partial charge is 0.338 e. The van der Waals surface area contributed by atoms with Crippen LogP contribution in [0, 0.1) is 0 Å². The zero-order chi connectivity index (χ0) is 13.0. The molecule has 1 aliphatic carbocycles. The summed E-state index contributed by atoms with van der Waals surface area (Å²) in [6.07, 6.45) is 7.96. The zero-order valence-electron chi connectivity index (χ0n) is 10.6. The molecular formula is C13H18N2O3. The van der Waals surface area contributed by atoms with Gasteiger partial charge in [-0.1, -0.05) is 19.3 Å². The minimum Gasteiger partial charge on any atom is -0.478 e. The molecule has 1 N–H and O–H groups in total. The van der Waals surface area contributed by atoms with Gasteiger partial charge in [-0.15, -0.1) is 0 Å². The Morgan fingerprint density at radius 2 is 1.94 bits per heavy atom. The summed E-state index contributed by atoms with van der Waals surface area (Å²) in [5.74, 6) is -0.385. The van der Waals surface area contributed by atoms with Crippen molar-refractivity contribution in [2.24, 2.45) is 0 Å². The third kappa shape index (κ3) is 2.51. The molecule has 5 heteroatoms. The van der Waals surface area contributed by atoms with Crippen LogP contribution in [0.4, 0.5) is 0 Å². The van der Waals surface area contributed by atoms with E-state index in [1.54, 1.807) is 0 Å². The molecule has 1 aromatic rings. The number of carboxylic acid groups (broad SMARTS) is 1. The second-order valence-corrected chi connectivity index (χ2v) is 4.59. The van der Waals surface area contributed by atoms with E-state index in [9.17, 15) is 4.79 Å². The molecule has 18 heavy (non-hydrogen) atoms. The second kappa shape index (κ2) is 5.44. The van der Waals surface area contributed by atoms with Crippen molar-refractivity contribution in [2.45, 2.75) is 44.6 Å². The van der Waals surface area contributed by atoms with E-state index in [4.69, 9.17) is 9.84 Å². The van der Waals surface area contributed by atoms with Crippen LogP contribution in [0.3, 0.4) is 0 Å². The van der Waals surface area contributed by atoms with E-state index >= 15 is 0 Å². The van der Waals surface area contributed by atoms with E-state index < -0.39 is 11.6 Å². The molecule has 1 heterocycles. The van der Waals surface area contributed by atoms with Gasteiger partial charge in [-0.25, -0.2) is 14.8 Å². The Balaban J connectivity index is 2.27. The zero-order valence-corrected chi connectivity index (χ0v) is 10.6. The highest BCUT2D eigenvalue weighted by Gasteiger charge is 2.37. The lowest BCUT2D eigenvalue weighted by Gasteiger charge is -2.35. The van der Waals surface area contributed by atoms with Crippen molar-refractivity contribution in [3.8, 4) is 0 Å². The van der Waals surface area contributed by atoms with Gasteiger partial charge < -0.3 is 9.84 Å². The Morgan fingerprint density at radius 3 is 2.44 bits per heavy atom. The van der Waals surface area contributed by atoms with Crippen LogP contribution in [-0.2, 0) is 10.3 Å². The normalized spacial score (nSPS) is 18.5. The number of carboxylic acids is 1. The van der Waals surface area contributed by atoms with Gasteiger partial charge in [0.25, 0.3) is 0 Å². The molecule has 98 valence electrons. The van der Waals surface area contributed by atoms with E-state index in [0.717, 1.165) is 25.7 Å². The number of hydrogen-bond acceptors (Lipinski definition) is 4. The number of aromatic carboxylic acids is 1. The van der Waals surface area contributed by atoms with E-state index in [1.165, 1.54) is 18.8 Å². The van der Waals surface area contributed by atoms with Crippen LogP contribution in [0.5, 0.6) is 0 Å². The first-order valence-corrected chi connectivity index (χ1v) is 6.38. The van der Waals surface area contributed by atoms with E-state index in [-0.39, 0.29) is 5.56 Å². The fourth-order valence-corrected chi connectivity index (χ4v) is 2.51. The van der Waals surface area contributed by atoms with Crippen molar-refractivity contribution >= 4 is 5.97 Å². The molecule has 0 radical (unpaired) electrons. The summed E-state index contributed by atoms with van der Waals surface area (Å²) in [5, 5.41) is 8.84. The number of carbonyl (C=O) groups is 1. The van der Waals surface area contributed by atoms with Crippen molar-refractivity contribution in [3.63, 3.8) is 0 Å². The molecule has 1 fully saturated rings. The molecule has 1 aliphatic rings. The lowest BCUT2D eigenvalue weighted by atomic mass is 9.84. The third-order valence-corrected chi connectivity index (χ3v) is 3.39. The highest BCUT2D eigenvalue weighted by molar-refractivity contribution is 5.86. The maximum absolute atomic E-state index is 10.8. The van der Waals surface area contributed by atoms with Gasteiger partial charge in [0.05, 0.1) is 5.56 Å². The molecule has 1 aromatic heterocycles. The van der Waals surface area contributed by atoms with Crippen molar-refractivity contribution in [2.75, 3.05) is 6.61 Å². The largest absolute Gasteiger partial charge is 0.478 e. The van der Waals surface area contributed by atoms with Gasteiger partial charge in [0, 0.05) is 19.0 Å². The molecule has 2 rings (SSSR count). The molecule has 0 saturated heterocycles. The fraction of sp³-hybridized carbons (Fsp3) is 0.615. The number of nitrogens with zero attached hydrogens (tertiary/aromatic N) is 2. The summed E-state index contributed by atoms with van der Waals surface area (Å²) < 4.78 is 5.88. The topological polar surface area (TPSA) is 72.3 Å². The SMILES string of the molecule is CCOC1(c2ncc(C(=O)O)cn2)CCCCC1. The Kier molecular flexibility index (Phi) is 3.91. The molecular weight excluding hydrogens is 232 g/mol. The highest BCUT2D eigenvalue weighted by atomic mass is 16.5. The Hall–Kier alpha value is -1.49. The van der Waals surface area contributed by atoms with Crippen molar-refractivity contribution in [3.05, 3.63) is 23.8 Å². The predicted molar refractivity (Wildman–Crippen MR) is 65.4 cm³/mol. The second-order valence-electron chi connectivity index (χ2n) is 4.59. The van der Waals surface area contributed by atoms with Crippen LogP contribution in [-0.4, -0.2) is 27.7 Å². The summed E-state index contributed by atoms with van der Waals surface area (Å²) in [5.41, 5.74) is -0.300. The molecule has 0 atom stereocenters. The van der Waals surface area contributed by atoms with Gasteiger partial charge in [-0.05, 0) is 19.8 Å². The molecule has 1 saturated carbocycles. The maximum Gasteiger partial charge on any atom is 0.338 e. The standard InChI is InChI=1S/C13H18N2O3/c1-2-18-13(6-4-3-5-7-13)12-14-8-10(9-15-12)11(16)17/h8-9H,2-7H2,1H3,(H,16,17). The summed E-state index contributed by atoms with van der Waals surface area (Å²) in [6.45, 7) is 2.58. The molecule has 0 aliphatic heterocycles. The lowest BCUT2D eigenvalue weighted by Crippen LogP contribution is -2.34. The minimum absolute atomic E-state index is 0.112.